The predicted molar refractivity (Wildman–Crippen MR) is 84.8 cm³/mol. The molecule has 1 aromatic rings. The monoisotopic (exact) mass is 275 g/mol. The maximum absolute atomic E-state index is 4.63. The highest BCUT2D eigenvalue weighted by molar-refractivity contribution is 5.10. The molecule has 0 saturated heterocycles. The summed E-state index contributed by atoms with van der Waals surface area (Å²) in [6.07, 6.45) is 6.57. The Bertz CT molecular complexity index is 405. The Morgan fingerprint density at radius 1 is 1.30 bits per heavy atom. The van der Waals surface area contributed by atoms with Gasteiger partial charge in [0.2, 0.25) is 0 Å². The molecule has 2 unspecified atom stereocenters. The van der Waals surface area contributed by atoms with Gasteiger partial charge in [-0.3, -0.25) is 9.88 Å². The molecule has 1 saturated carbocycles. The zero-order valence-electron chi connectivity index (χ0n) is 13.2. The highest BCUT2D eigenvalue weighted by atomic mass is 15.2. The van der Waals surface area contributed by atoms with E-state index in [1.54, 1.807) is 0 Å². The fraction of sp³-hybridized carbons (Fsp3) is 0.706. The van der Waals surface area contributed by atoms with Crippen molar-refractivity contribution in [3.8, 4) is 0 Å². The quantitative estimate of drug-likeness (QED) is 0.864. The standard InChI is InChI=1S/C17H29N3/c1-4-12-18-16-10-5-6-11-17(16)20(3)13-15-9-7-8-14(2)19-15/h7-9,16-18H,4-6,10-13H2,1-3H3. The van der Waals surface area contributed by atoms with Crippen LogP contribution in [-0.4, -0.2) is 35.6 Å². The van der Waals surface area contributed by atoms with Gasteiger partial charge in [-0.05, 0) is 51.9 Å². The van der Waals surface area contributed by atoms with Gasteiger partial charge in [0.25, 0.3) is 0 Å². The fourth-order valence-electron chi connectivity index (χ4n) is 3.27. The van der Waals surface area contributed by atoms with Crippen molar-refractivity contribution in [1.82, 2.24) is 15.2 Å². The molecule has 0 spiro atoms. The molecular weight excluding hydrogens is 246 g/mol. The van der Waals surface area contributed by atoms with Crippen LogP contribution in [-0.2, 0) is 6.54 Å². The van der Waals surface area contributed by atoms with Crippen LogP contribution in [0.3, 0.4) is 0 Å². The molecule has 0 aromatic carbocycles. The molecule has 0 aliphatic heterocycles. The van der Waals surface area contributed by atoms with E-state index in [2.05, 4.69) is 54.3 Å². The first-order chi connectivity index (χ1) is 9.70. The molecule has 1 aromatic heterocycles. The van der Waals surface area contributed by atoms with Crippen LogP contribution < -0.4 is 5.32 Å². The molecule has 0 amide bonds. The molecule has 112 valence electrons. The van der Waals surface area contributed by atoms with Crippen molar-refractivity contribution in [2.45, 2.75) is 64.6 Å². The lowest BCUT2D eigenvalue weighted by molar-refractivity contribution is 0.142. The van der Waals surface area contributed by atoms with Crippen LogP contribution in [0.2, 0.25) is 0 Å². The Morgan fingerprint density at radius 3 is 2.85 bits per heavy atom. The molecule has 2 atom stereocenters. The highest BCUT2D eigenvalue weighted by Crippen LogP contribution is 2.23. The lowest BCUT2D eigenvalue weighted by Gasteiger charge is -2.38. The van der Waals surface area contributed by atoms with E-state index in [1.165, 1.54) is 37.8 Å². The summed E-state index contributed by atoms with van der Waals surface area (Å²) in [5.74, 6) is 0. The average molecular weight is 275 g/mol. The molecule has 0 bridgehead atoms. The number of nitrogens with zero attached hydrogens (tertiary/aromatic N) is 2. The van der Waals surface area contributed by atoms with E-state index in [4.69, 9.17) is 0 Å². The molecule has 1 heterocycles. The molecule has 1 aliphatic rings. The summed E-state index contributed by atoms with van der Waals surface area (Å²) in [5.41, 5.74) is 2.30. The maximum atomic E-state index is 4.63. The van der Waals surface area contributed by atoms with Gasteiger partial charge in [0, 0.05) is 24.3 Å². The summed E-state index contributed by atoms with van der Waals surface area (Å²) < 4.78 is 0. The molecule has 2 rings (SSSR count). The van der Waals surface area contributed by atoms with Crippen molar-refractivity contribution < 1.29 is 0 Å². The number of likely N-dealkylation sites (N-methyl/N-ethyl adjacent to an activating group) is 1. The minimum Gasteiger partial charge on any atom is -0.312 e. The van der Waals surface area contributed by atoms with Crippen LogP contribution in [0.15, 0.2) is 18.2 Å². The van der Waals surface area contributed by atoms with Crippen LogP contribution >= 0.6 is 0 Å². The predicted octanol–water partition coefficient (Wildman–Crippen LogP) is 3.13. The Morgan fingerprint density at radius 2 is 2.10 bits per heavy atom. The number of hydrogen-bond donors (Lipinski definition) is 1. The molecule has 20 heavy (non-hydrogen) atoms. The lowest BCUT2D eigenvalue weighted by atomic mass is 9.89. The van der Waals surface area contributed by atoms with Gasteiger partial charge in [-0.2, -0.15) is 0 Å². The lowest BCUT2D eigenvalue weighted by Crippen LogP contribution is -2.50. The van der Waals surface area contributed by atoms with Crippen molar-refractivity contribution in [3.05, 3.63) is 29.6 Å². The summed E-state index contributed by atoms with van der Waals surface area (Å²) >= 11 is 0. The van der Waals surface area contributed by atoms with Crippen molar-refractivity contribution in [2.75, 3.05) is 13.6 Å². The van der Waals surface area contributed by atoms with E-state index < -0.39 is 0 Å². The Hall–Kier alpha value is -0.930. The number of hydrogen-bond acceptors (Lipinski definition) is 3. The maximum Gasteiger partial charge on any atom is 0.0547 e. The number of aryl methyl sites for hydroxylation is 1. The van der Waals surface area contributed by atoms with E-state index >= 15 is 0 Å². The van der Waals surface area contributed by atoms with Gasteiger partial charge < -0.3 is 5.32 Å². The minimum atomic E-state index is 0.651. The van der Waals surface area contributed by atoms with Gasteiger partial charge in [0.1, 0.15) is 0 Å². The van der Waals surface area contributed by atoms with Crippen LogP contribution in [0.25, 0.3) is 0 Å². The minimum absolute atomic E-state index is 0.651. The molecular formula is C17H29N3. The third kappa shape index (κ3) is 4.29. The summed E-state index contributed by atoms with van der Waals surface area (Å²) in [6.45, 7) is 6.40. The van der Waals surface area contributed by atoms with E-state index in [1.807, 2.05) is 0 Å². The van der Waals surface area contributed by atoms with Crippen LogP contribution in [0.4, 0.5) is 0 Å². The van der Waals surface area contributed by atoms with Gasteiger partial charge in [0.05, 0.1) is 5.69 Å². The SMILES string of the molecule is CCCNC1CCCCC1N(C)Cc1cccc(C)n1. The van der Waals surface area contributed by atoms with Gasteiger partial charge in [-0.25, -0.2) is 0 Å². The van der Waals surface area contributed by atoms with Crippen LogP contribution in [0.5, 0.6) is 0 Å². The summed E-state index contributed by atoms with van der Waals surface area (Å²) in [5, 5.41) is 3.74. The highest BCUT2D eigenvalue weighted by Gasteiger charge is 2.27. The third-order valence-electron chi connectivity index (χ3n) is 4.31. The van der Waals surface area contributed by atoms with Crippen LogP contribution in [0, 0.1) is 6.92 Å². The normalized spacial score (nSPS) is 23.2. The molecule has 1 fully saturated rings. The van der Waals surface area contributed by atoms with E-state index in [0.29, 0.717) is 12.1 Å². The third-order valence-corrected chi connectivity index (χ3v) is 4.31. The first-order valence-electron chi connectivity index (χ1n) is 8.07. The second-order valence-corrected chi connectivity index (χ2v) is 6.10. The van der Waals surface area contributed by atoms with Crippen molar-refractivity contribution >= 4 is 0 Å². The molecule has 0 radical (unpaired) electrons. The first-order valence-corrected chi connectivity index (χ1v) is 8.07. The zero-order chi connectivity index (χ0) is 14.4. The smallest absolute Gasteiger partial charge is 0.0547 e. The largest absolute Gasteiger partial charge is 0.312 e. The molecule has 3 heteroatoms. The second-order valence-electron chi connectivity index (χ2n) is 6.10. The topological polar surface area (TPSA) is 28.2 Å². The van der Waals surface area contributed by atoms with Gasteiger partial charge in [-0.15, -0.1) is 0 Å². The Balaban J connectivity index is 1.96. The number of rotatable bonds is 6. The summed E-state index contributed by atoms with van der Waals surface area (Å²) in [6, 6.07) is 7.62. The average Bonchev–Trinajstić information content (AvgIpc) is 2.45. The molecule has 1 N–H and O–H groups in total. The van der Waals surface area contributed by atoms with Crippen molar-refractivity contribution in [2.24, 2.45) is 0 Å². The zero-order valence-corrected chi connectivity index (χ0v) is 13.2. The second kappa shape index (κ2) is 7.75. The fourth-order valence-corrected chi connectivity index (χ4v) is 3.27. The first kappa shape index (κ1) is 15.5. The van der Waals surface area contributed by atoms with Gasteiger partial charge in [-0.1, -0.05) is 25.8 Å². The van der Waals surface area contributed by atoms with Crippen molar-refractivity contribution in [1.29, 1.82) is 0 Å². The number of aromatic nitrogens is 1. The van der Waals surface area contributed by atoms with Crippen molar-refractivity contribution in [3.63, 3.8) is 0 Å². The van der Waals surface area contributed by atoms with E-state index in [9.17, 15) is 0 Å². The summed E-state index contributed by atoms with van der Waals surface area (Å²) in [7, 11) is 2.25. The Labute approximate surface area is 123 Å². The van der Waals surface area contributed by atoms with E-state index in [-0.39, 0.29) is 0 Å². The van der Waals surface area contributed by atoms with E-state index in [0.717, 1.165) is 18.8 Å². The Kier molecular flexibility index (Phi) is 5.99. The van der Waals surface area contributed by atoms with Crippen LogP contribution in [0.1, 0.15) is 50.4 Å². The summed E-state index contributed by atoms with van der Waals surface area (Å²) in [4.78, 5) is 7.13. The van der Waals surface area contributed by atoms with Gasteiger partial charge >= 0.3 is 0 Å². The molecule has 1 aliphatic carbocycles. The molecule has 3 nitrogen and oxygen atoms in total. The number of pyridine rings is 1. The number of nitrogens with one attached hydrogen (secondary N) is 1. The van der Waals surface area contributed by atoms with Gasteiger partial charge in [0.15, 0.2) is 0 Å².